The maximum atomic E-state index is 11.6. The molecular formula is C26H27Cl3N8O2. The lowest BCUT2D eigenvalue weighted by Crippen LogP contribution is -2.17. The maximum absolute atomic E-state index is 11.6. The molecule has 13 heteroatoms. The Labute approximate surface area is 241 Å². The number of benzene rings is 2. The molecule has 0 radical (unpaired) electrons. The predicted octanol–water partition coefficient (Wildman–Crippen LogP) is 5.26. The van der Waals surface area contributed by atoms with E-state index in [-0.39, 0.29) is 11.8 Å². The maximum Gasteiger partial charge on any atom is 0.251 e. The van der Waals surface area contributed by atoms with E-state index in [0.717, 1.165) is 16.8 Å². The number of anilines is 3. The van der Waals surface area contributed by atoms with Crippen LogP contribution < -0.4 is 21.7 Å². The fraction of sp³-hybridized carbons (Fsp3) is 0.154. The minimum Gasteiger partial charge on any atom is -0.398 e. The van der Waals surface area contributed by atoms with Crippen molar-refractivity contribution in [2.24, 2.45) is 0 Å². The average molecular weight is 590 g/mol. The molecule has 0 aliphatic heterocycles. The number of hydrogen-bond donors (Lipinski definition) is 4. The van der Waals surface area contributed by atoms with Gasteiger partial charge < -0.3 is 21.7 Å². The first kappa shape index (κ1) is 31.2. The molecule has 0 bridgehead atoms. The number of nitrogens with one attached hydrogen (secondary N) is 3. The van der Waals surface area contributed by atoms with E-state index in [2.05, 4.69) is 35.9 Å². The molecule has 0 atom stereocenters. The van der Waals surface area contributed by atoms with E-state index in [1.165, 1.54) is 18.7 Å². The van der Waals surface area contributed by atoms with Gasteiger partial charge in [-0.05, 0) is 49.2 Å². The van der Waals surface area contributed by atoms with Gasteiger partial charge >= 0.3 is 0 Å². The summed E-state index contributed by atoms with van der Waals surface area (Å²) >= 11 is 16.6. The van der Waals surface area contributed by atoms with Gasteiger partial charge in [-0.2, -0.15) is 0 Å². The molecule has 2 amide bonds. The van der Waals surface area contributed by atoms with Gasteiger partial charge in [0.1, 0.15) is 33.9 Å². The van der Waals surface area contributed by atoms with Crippen LogP contribution in [0.2, 0.25) is 15.5 Å². The van der Waals surface area contributed by atoms with Crippen molar-refractivity contribution in [1.29, 1.82) is 0 Å². The van der Waals surface area contributed by atoms with Crippen molar-refractivity contribution in [3.8, 4) is 0 Å². The van der Waals surface area contributed by atoms with Crippen molar-refractivity contribution in [2.75, 3.05) is 25.1 Å². The van der Waals surface area contributed by atoms with Crippen LogP contribution in [-0.2, 0) is 0 Å². The summed E-state index contributed by atoms with van der Waals surface area (Å²) in [6.07, 6.45) is 2.69. The summed E-state index contributed by atoms with van der Waals surface area (Å²) in [5.74, 6) is 0.336. The number of nitrogen functional groups attached to an aromatic ring is 1. The SMILES string of the molecule is CNC(=O)c1ccc(C)c(N)c1.CNC(=O)c1ccc(C)c(Nc2cc(Cl)ncn2)c1.Clc1cc(Cl)ncn1. The van der Waals surface area contributed by atoms with Crippen LogP contribution in [0, 0.1) is 13.8 Å². The number of hydrogen-bond acceptors (Lipinski definition) is 8. The molecule has 0 unspecified atom stereocenters. The Morgan fingerprint density at radius 1 is 0.692 bits per heavy atom. The first-order valence-electron chi connectivity index (χ1n) is 11.3. The van der Waals surface area contributed by atoms with Crippen LogP contribution in [0.5, 0.6) is 0 Å². The monoisotopic (exact) mass is 588 g/mol. The molecule has 2 heterocycles. The lowest BCUT2D eigenvalue weighted by Gasteiger charge is -2.10. The van der Waals surface area contributed by atoms with Crippen molar-refractivity contribution in [2.45, 2.75) is 13.8 Å². The van der Waals surface area contributed by atoms with Gasteiger partial charge in [0.05, 0.1) is 0 Å². The zero-order valence-corrected chi connectivity index (χ0v) is 23.9. The van der Waals surface area contributed by atoms with Gasteiger partial charge in [-0.1, -0.05) is 46.9 Å². The van der Waals surface area contributed by atoms with Crippen molar-refractivity contribution in [3.63, 3.8) is 0 Å². The topological polar surface area (TPSA) is 148 Å². The first-order chi connectivity index (χ1) is 18.5. The normalized spacial score (nSPS) is 9.72. The number of aromatic nitrogens is 4. The van der Waals surface area contributed by atoms with Crippen molar-refractivity contribution >= 4 is 63.8 Å². The van der Waals surface area contributed by atoms with Gasteiger partial charge in [0.2, 0.25) is 0 Å². The summed E-state index contributed by atoms with van der Waals surface area (Å²) in [4.78, 5) is 37.8. The number of nitrogens with zero attached hydrogens (tertiary/aromatic N) is 4. The van der Waals surface area contributed by atoms with Gasteiger partial charge in [0, 0.05) is 48.7 Å². The van der Waals surface area contributed by atoms with Gasteiger partial charge in [-0.3, -0.25) is 9.59 Å². The number of carbonyl (C=O) groups excluding carboxylic acids is 2. The molecule has 2 aromatic heterocycles. The van der Waals surface area contributed by atoms with E-state index < -0.39 is 0 Å². The molecule has 0 aliphatic carbocycles. The van der Waals surface area contributed by atoms with Crippen molar-refractivity contribution in [1.82, 2.24) is 30.6 Å². The third-order valence-corrected chi connectivity index (χ3v) is 5.61. The number of rotatable bonds is 4. The van der Waals surface area contributed by atoms with Crippen LogP contribution in [0.25, 0.3) is 0 Å². The van der Waals surface area contributed by atoms with E-state index in [1.54, 1.807) is 44.4 Å². The summed E-state index contributed by atoms with van der Waals surface area (Å²) in [6.45, 7) is 3.85. The number of halogens is 3. The molecule has 0 aliphatic rings. The van der Waals surface area contributed by atoms with Gasteiger partial charge in [-0.15, -0.1) is 0 Å². The predicted molar refractivity (Wildman–Crippen MR) is 156 cm³/mol. The summed E-state index contributed by atoms with van der Waals surface area (Å²) < 4.78 is 0. The lowest BCUT2D eigenvalue weighted by atomic mass is 10.1. The zero-order chi connectivity index (χ0) is 28.9. The minimum absolute atomic E-state index is 0.110. The highest BCUT2D eigenvalue weighted by atomic mass is 35.5. The fourth-order valence-electron chi connectivity index (χ4n) is 2.82. The van der Waals surface area contributed by atoms with Crippen LogP contribution in [0.4, 0.5) is 17.2 Å². The van der Waals surface area contributed by atoms with Crippen LogP contribution in [0.1, 0.15) is 31.8 Å². The Balaban J connectivity index is 0.000000227. The van der Waals surface area contributed by atoms with Crippen LogP contribution >= 0.6 is 34.8 Å². The van der Waals surface area contributed by atoms with Gasteiger partial charge in [-0.25, -0.2) is 19.9 Å². The molecule has 5 N–H and O–H groups in total. The zero-order valence-electron chi connectivity index (χ0n) is 21.6. The molecule has 204 valence electrons. The van der Waals surface area contributed by atoms with E-state index in [4.69, 9.17) is 40.5 Å². The van der Waals surface area contributed by atoms with Crippen molar-refractivity contribution < 1.29 is 9.59 Å². The standard InChI is InChI=1S/C13H13ClN4O.C9H12N2O.C4H2Cl2N2/c1-8-3-4-9(13(19)15-2)5-10(8)18-12-6-11(14)16-7-17-12;1-6-3-4-7(5-8(6)10)9(12)11-2;5-3-1-4(6)8-2-7-3/h3-7H,1-2H3,(H,15,19)(H,16,17,18);3-5H,10H2,1-2H3,(H,11,12);1-2H. The summed E-state index contributed by atoms with van der Waals surface area (Å²) in [5, 5.41) is 9.33. The number of aryl methyl sites for hydroxylation is 2. The number of nitrogens with two attached hydrogens (primary N) is 1. The number of carbonyl (C=O) groups is 2. The van der Waals surface area contributed by atoms with Gasteiger partial charge in [0.15, 0.2) is 0 Å². The molecule has 4 rings (SSSR count). The Hall–Kier alpha value is -3.99. The lowest BCUT2D eigenvalue weighted by molar-refractivity contribution is 0.0955. The van der Waals surface area contributed by atoms with E-state index in [0.29, 0.717) is 38.1 Å². The Bertz CT molecular complexity index is 1420. The van der Waals surface area contributed by atoms with Crippen molar-refractivity contribution in [3.05, 3.63) is 98.9 Å². The van der Waals surface area contributed by atoms with Gasteiger partial charge in [0.25, 0.3) is 11.8 Å². The summed E-state index contributed by atoms with van der Waals surface area (Å²) in [6, 6.07) is 13.8. The quantitative estimate of drug-likeness (QED) is 0.186. The first-order valence-corrected chi connectivity index (χ1v) is 12.5. The molecule has 2 aromatic carbocycles. The second kappa shape index (κ2) is 15.4. The van der Waals surface area contributed by atoms with E-state index in [9.17, 15) is 9.59 Å². The largest absolute Gasteiger partial charge is 0.398 e. The molecule has 0 saturated heterocycles. The highest BCUT2D eigenvalue weighted by molar-refractivity contribution is 6.33. The molecule has 0 spiro atoms. The number of amides is 2. The van der Waals surface area contributed by atoms with Crippen LogP contribution in [0.3, 0.4) is 0 Å². The smallest absolute Gasteiger partial charge is 0.251 e. The van der Waals surface area contributed by atoms with Crippen LogP contribution in [0.15, 0.2) is 61.2 Å². The summed E-state index contributed by atoms with van der Waals surface area (Å²) in [5.41, 5.74) is 10.3. The molecular weight excluding hydrogens is 563 g/mol. The Morgan fingerprint density at radius 2 is 1.18 bits per heavy atom. The average Bonchev–Trinajstić information content (AvgIpc) is 2.91. The minimum atomic E-state index is -0.135. The molecule has 0 saturated carbocycles. The summed E-state index contributed by atoms with van der Waals surface area (Å²) in [7, 11) is 3.19. The molecule has 4 aromatic rings. The molecule has 39 heavy (non-hydrogen) atoms. The second-order valence-electron chi connectivity index (χ2n) is 7.77. The Kier molecular flexibility index (Phi) is 12.4. The van der Waals surface area contributed by atoms with E-state index >= 15 is 0 Å². The third-order valence-electron chi connectivity index (χ3n) is 4.99. The van der Waals surface area contributed by atoms with Crippen LogP contribution in [-0.4, -0.2) is 45.8 Å². The second-order valence-corrected chi connectivity index (χ2v) is 8.94. The highest BCUT2D eigenvalue weighted by Crippen LogP contribution is 2.21. The highest BCUT2D eigenvalue weighted by Gasteiger charge is 2.07. The molecule has 0 fully saturated rings. The Morgan fingerprint density at radius 3 is 1.64 bits per heavy atom. The fourth-order valence-corrected chi connectivity index (χ4v) is 3.32. The third kappa shape index (κ3) is 10.4. The molecule has 10 nitrogen and oxygen atoms in total. The van der Waals surface area contributed by atoms with E-state index in [1.807, 2.05) is 26.0 Å².